The topological polar surface area (TPSA) is 155 Å². The van der Waals surface area contributed by atoms with Crippen LogP contribution in [0.15, 0.2) is 48.8 Å². The molecule has 0 unspecified atom stereocenters. The minimum Gasteiger partial charge on any atom is -0.483 e. The summed E-state index contributed by atoms with van der Waals surface area (Å²) in [4.78, 5) is 18.1. The Balaban J connectivity index is 0.000000983. The number of anilines is 2. The summed E-state index contributed by atoms with van der Waals surface area (Å²) in [5.74, 6) is 2.17. The van der Waals surface area contributed by atoms with E-state index < -0.39 is 0 Å². The maximum Gasteiger partial charge on any atom is 0.290 e. The lowest BCUT2D eigenvalue weighted by Gasteiger charge is -2.13. The van der Waals surface area contributed by atoms with Crippen LogP contribution in [0, 0.1) is 19.8 Å². The van der Waals surface area contributed by atoms with Crippen LogP contribution in [0.1, 0.15) is 35.5 Å². The molecule has 4 heterocycles. The number of imidazole rings is 1. The van der Waals surface area contributed by atoms with E-state index in [1.165, 1.54) is 12.8 Å². The van der Waals surface area contributed by atoms with E-state index >= 15 is 0 Å². The lowest BCUT2D eigenvalue weighted by molar-refractivity contribution is -0.122. The van der Waals surface area contributed by atoms with Crippen LogP contribution < -0.4 is 5.32 Å². The number of aliphatic hydroxyl groups excluding tert-OH is 1. The Bertz CT molecular complexity index is 1590. The molecule has 1 fully saturated rings. The largest absolute Gasteiger partial charge is 0.483 e. The van der Waals surface area contributed by atoms with Crippen LogP contribution in [-0.4, -0.2) is 58.2 Å². The van der Waals surface area contributed by atoms with E-state index in [2.05, 4.69) is 36.8 Å². The van der Waals surface area contributed by atoms with Crippen molar-refractivity contribution < 1.29 is 15.0 Å². The molecule has 1 aliphatic carbocycles. The first kappa shape index (κ1) is 26.0. The summed E-state index contributed by atoms with van der Waals surface area (Å²) in [5, 5.41) is 35.9. The van der Waals surface area contributed by atoms with Gasteiger partial charge in [-0.25, -0.2) is 9.97 Å². The molecule has 200 valence electrons. The Morgan fingerprint density at radius 2 is 1.95 bits per heavy atom. The van der Waals surface area contributed by atoms with Gasteiger partial charge in [0, 0.05) is 23.6 Å². The molecule has 0 radical (unpaired) electrons. The van der Waals surface area contributed by atoms with E-state index in [0.29, 0.717) is 18.2 Å². The van der Waals surface area contributed by atoms with Crippen LogP contribution in [-0.2, 0) is 17.6 Å². The van der Waals surface area contributed by atoms with Gasteiger partial charge in [-0.15, -0.1) is 5.10 Å². The summed E-state index contributed by atoms with van der Waals surface area (Å²) in [5.41, 5.74) is 8.56. The summed E-state index contributed by atoms with van der Waals surface area (Å²) < 4.78 is 1.99. The first-order valence-electron chi connectivity index (χ1n) is 12.8. The van der Waals surface area contributed by atoms with Crippen molar-refractivity contribution in [1.82, 2.24) is 34.9 Å². The number of pyridine rings is 1. The molecular formula is C28H30N8O3. The SMILES string of the molecule is Cc1ccc(Nc2ccc3c(c2)ncn3-c2ccc(CCO)c(-c3c(CC4CC4)n[nH]c3C)n2)nn1.O=CO. The smallest absolute Gasteiger partial charge is 0.290 e. The number of carboxylic acid groups (broad SMARTS) is 1. The maximum atomic E-state index is 9.69. The number of H-pyrrole nitrogens is 1. The third-order valence-corrected chi connectivity index (χ3v) is 6.65. The highest BCUT2D eigenvalue weighted by atomic mass is 16.3. The van der Waals surface area contributed by atoms with Gasteiger partial charge in [0.05, 0.1) is 28.1 Å². The van der Waals surface area contributed by atoms with Crippen molar-refractivity contribution in [2.75, 3.05) is 11.9 Å². The Morgan fingerprint density at radius 1 is 1.13 bits per heavy atom. The zero-order chi connectivity index (χ0) is 27.4. The highest BCUT2D eigenvalue weighted by molar-refractivity contribution is 5.82. The van der Waals surface area contributed by atoms with E-state index in [1.807, 2.05) is 54.8 Å². The van der Waals surface area contributed by atoms with E-state index in [-0.39, 0.29) is 13.1 Å². The molecule has 0 amide bonds. The molecule has 6 rings (SSSR count). The van der Waals surface area contributed by atoms with Crippen molar-refractivity contribution in [1.29, 1.82) is 0 Å². The fourth-order valence-electron chi connectivity index (χ4n) is 4.57. The predicted molar refractivity (Wildman–Crippen MR) is 147 cm³/mol. The monoisotopic (exact) mass is 526 g/mol. The minimum absolute atomic E-state index is 0.0675. The molecular weight excluding hydrogens is 496 g/mol. The van der Waals surface area contributed by atoms with E-state index in [9.17, 15) is 5.11 Å². The second-order valence-corrected chi connectivity index (χ2v) is 9.58. The number of aromatic amines is 1. The van der Waals surface area contributed by atoms with Crippen molar-refractivity contribution >= 4 is 29.0 Å². The number of aromatic nitrogens is 7. The van der Waals surface area contributed by atoms with Crippen LogP contribution in [0.5, 0.6) is 0 Å². The number of nitrogens with one attached hydrogen (secondary N) is 2. The lowest BCUT2D eigenvalue weighted by atomic mass is 9.99. The number of aryl methyl sites for hydroxylation is 2. The average Bonchev–Trinajstić information content (AvgIpc) is 3.54. The van der Waals surface area contributed by atoms with Gasteiger partial charge >= 0.3 is 0 Å². The molecule has 1 aliphatic rings. The summed E-state index contributed by atoms with van der Waals surface area (Å²) in [7, 11) is 0. The van der Waals surface area contributed by atoms with Gasteiger partial charge in [0.15, 0.2) is 5.82 Å². The Hall–Kier alpha value is -4.64. The second kappa shape index (κ2) is 11.4. The maximum absolute atomic E-state index is 9.69. The predicted octanol–water partition coefficient (Wildman–Crippen LogP) is 4.15. The first-order chi connectivity index (χ1) is 19.0. The number of hydrogen-bond donors (Lipinski definition) is 4. The van der Waals surface area contributed by atoms with Crippen LogP contribution in [0.4, 0.5) is 11.5 Å². The summed E-state index contributed by atoms with van der Waals surface area (Å²) in [6.45, 7) is 3.76. The molecule has 5 aromatic rings. The zero-order valence-electron chi connectivity index (χ0n) is 21.8. The Labute approximate surface area is 225 Å². The molecule has 0 saturated heterocycles. The Kier molecular flexibility index (Phi) is 7.60. The van der Waals surface area contributed by atoms with Gasteiger partial charge in [0.25, 0.3) is 6.47 Å². The van der Waals surface area contributed by atoms with E-state index in [4.69, 9.17) is 14.9 Å². The molecule has 4 aromatic heterocycles. The second-order valence-electron chi connectivity index (χ2n) is 9.58. The molecule has 0 bridgehead atoms. The lowest BCUT2D eigenvalue weighted by Crippen LogP contribution is -2.04. The third-order valence-electron chi connectivity index (χ3n) is 6.65. The van der Waals surface area contributed by atoms with E-state index in [1.54, 1.807) is 6.33 Å². The van der Waals surface area contributed by atoms with Crippen LogP contribution in [0.2, 0.25) is 0 Å². The molecule has 1 aromatic carbocycles. The normalized spacial score (nSPS) is 12.7. The molecule has 11 heteroatoms. The third kappa shape index (κ3) is 5.78. The van der Waals surface area contributed by atoms with Crippen molar-refractivity contribution in [2.24, 2.45) is 5.92 Å². The summed E-state index contributed by atoms with van der Waals surface area (Å²) in [6.07, 6.45) is 5.82. The minimum atomic E-state index is -0.250. The van der Waals surface area contributed by atoms with Crippen molar-refractivity contribution in [3.63, 3.8) is 0 Å². The van der Waals surface area contributed by atoms with Gasteiger partial charge in [-0.1, -0.05) is 6.07 Å². The fraction of sp³-hybridized carbons (Fsp3) is 0.286. The molecule has 1 saturated carbocycles. The highest BCUT2D eigenvalue weighted by Crippen LogP contribution is 2.37. The van der Waals surface area contributed by atoms with Crippen LogP contribution in [0.3, 0.4) is 0 Å². The number of benzene rings is 1. The van der Waals surface area contributed by atoms with Gasteiger partial charge in [-0.05, 0) is 87.4 Å². The molecule has 0 spiro atoms. The van der Waals surface area contributed by atoms with Crippen LogP contribution >= 0.6 is 0 Å². The number of rotatable bonds is 8. The molecule has 39 heavy (non-hydrogen) atoms. The van der Waals surface area contributed by atoms with Gasteiger partial charge in [0.2, 0.25) is 0 Å². The summed E-state index contributed by atoms with van der Waals surface area (Å²) in [6, 6.07) is 13.9. The zero-order valence-corrected chi connectivity index (χ0v) is 21.8. The van der Waals surface area contributed by atoms with Crippen molar-refractivity contribution in [2.45, 2.75) is 39.5 Å². The van der Waals surface area contributed by atoms with Gasteiger partial charge in [-0.3, -0.25) is 14.5 Å². The molecule has 4 N–H and O–H groups in total. The van der Waals surface area contributed by atoms with Crippen molar-refractivity contribution in [3.05, 3.63) is 71.4 Å². The van der Waals surface area contributed by atoms with Gasteiger partial charge in [0.1, 0.15) is 12.1 Å². The number of aliphatic hydroxyl groups is 1. The van der Waals surface area contributed by atoms with E-state index in [0.717, 1.165) is 62.9 Å². The highest BCUT2D eigenvalue weighted by Gasteiger charge is 2.26. The fourth-order valence-corrected chi connectivity index (χ4v) is 4.57. The number of hydrogen-bond acceptors (Lipinski definition) is 8. The molecule has 0 aliphatic heterocycles. The number of nitrogens with zero attached hydrogens (tertiary/aromatic N) is 6. The number of carbonyl (C=O) groups is 1. The quantitative estimate of drug-likeness (QED) is 0.218. The van der Waals surface area contributed by atoms with Crippen molar-refractivity contribution in [3.8, 4) is 17.1 Å². The summed E-state index contributed by atoms with van der Waals surface area (Å²) >= 11 is 0. The number of fused-ring (bicyclic) bond motifs is 1. The molecule has 11 nitrogen and oxygen atoms in total. The Morgan fingerprint density at radius 3 is 2.67 bits per heavy atom. The van der Waals surface area contributed by atoms with Gasteiger partial charge < -0.3 is 15.5 Å². The molecule has 0 atom stereocenters. The average molecular weight is 527 g/mol. The first-order valence-corrected chi connectivity index (χ1v) is 12.8. The van der Waals surface area contributed by atoms with Crippen LogP contribution in [0.25, 0.3) is 28.1 Å². The van der Waals surface area contributed by atoms with Gasteiger partial charge in [-0.2, -0.15) is 10.2 Å². The standard InChI is InChI=1S/C27H28N8O.CH2O2/c1-16-3-9-24(34-31-16)29-20-7-8-23-21(14-20)28-15-35(23)25-10-6-19(11-12-36)27(30-25)26-17(2)32-33-22(26)13-18-4-5-18;2-1-3/h3,6-10,14-15,18,36H,4-5,11-13H2,1-2H3,(H,29,34)(H,32,33);1H,(H,2,3).